The fourth-order valence-corrected chi connectivity index (χ4v) is 2.76. The molecule has 1 aliphatic rings. The number of benzene rings is 1. The van der Waals surface area contributed by atoms with Gasteiger partial charge in [-0.15, -0.1) is 0 Å². The summed E-state index contributed by atoms with van der Waals surface area (Å²) >= 11 is 0. The lowest BCUT2D eigenvalue weighted by atomic mass is 10.1. The number of methoxy groups -OCH3 is 1. The first kappa shape index (κ1) is 18.7. The molecule has 1 aliphatic carbocycles. The van der Waals surface area contributed by atoms with Crippen LogP contribution in [0.25, 0.3) is 0 Å². The lowest BCUT2D eigenvalue weighted by molar-refractivity contribution is -0.139. The lowest BCUT2D eigenvalue weighted by Gasteiger charge is -2.24. The minimum atomic E-state index is -0.0454. The Bertz CT molecular complexity index is 512. The molecule has 1 aromatic carbocycles. The Kier molecular flexibility index (Phi) is 7.06. The van der Waals surface area contributed by atoms with Crippen molar-refractivity contribution in [3.63, 3.8) is 0 Å². The van der Waals surface area contributed by atoms with Crippen LogP contribution in [0.5, 0.6) is 5.75 Å². The first-order valence-electron chi connectivity index (χ1n) is 8.77. The predicted octanol–water partition coefficient (Wildman–Crippen LogP) is 2.58. The quantitative estimate of drug-likeness (QED) is 0.714. The number of amides is 1. The van der Waals surface area contributed by atoms with Gasteiger partial charge in [0.1, 0.15) is 12.4 Å². The third-order valence-corrected chi connectivity index (χ3v) is 4.26. The van der Waals surface area contributed by atoms with Crippen molar-refractivity contribution in [3.8, 4) is 5.75 Å². The van der Waals surface area contributed by atoms with Crippen LogP contribution in [0.1, 0.15) is 38.7 Å². The van der Waals surface area contributed by atoms with E-state index in [1.54, 1.807) is 7.11 Å². The van der Waals surface area contributed by atoms with Gasteiger partial charge < -0.3 is 20.1 Å². The SMILES string of the molecule is COc1ccc(CN(C(=O)COC(CN)CC(C)C)C2CC2)cc1. The summed E-state index contributed by atoms with van der Waals surface area (Å²) in [6.07, 6.45) is 2.99. The molecule has 5 nitrogen and oxygen atoms in total. The topological polar surface area (TPSA) is 64.8 Å². The highest BCUT2D eigenvalue weighted by atomic mass is 16.5. The molecule has 0 radical (unpaired) electrons. The maximum atomic E-state index is 12.6. The number of hydrogen-bond acceptors (Lipinski definition) is 4. The molecular weight excluding hydrogens is 304 g/mol. The molecule has 1 atom stereocenters. The van der Waals surface area contributed by atoms with Crippen molar-refractivity contribution in [2.45, 2.75) is 51.8 Å². The Morgan fingerprint density at radius 2 is 1.96 bits per heavy atom. The van der Waals surface area contributed by atoms with E-state index in [2.05, 4.69) is 13.8 Å². The third-order valence-electron chi connectivity index (χ3n) is 4.26. The van der Waals surface area contributed by atoms with Gasteiger partial charge in [0.15, 0.2) is 0 Å². The number of rotatable bonds is 10. The van der Waals surface area contributed by atoms with Crippen LogP contribution in [-0.2, 0) is 16.1 Å². The third kappa shape index (κ3) is 5.80. The van der Waals surface area contributed by atoms with Gasteiger partial charge in [-0.1, -0.05) is 26.0 Å². The number of carbonyl (C=O) groups is 1. The molecular formula is C19H30N2O3. The Morgan fingerprint density at radius 1 is 1.29 bits per heavy atom. The highest BCUT2D eigenvalue weighted by Gasteiger charge is 2.32. The van der Waals surface area contributed by atoms with Crippen LogP contribution >= 0.6 is 0 Å². The van der Waals surface area contributed by atoms with Crippen LogP contribution in [0.2, 0.25) is 0 Å². The zero-order valence-electron chi connectivity index (χ0n) is 15.0. The summed E-state index contributed by atoms with van der Waals surface area (Å²) in [6.45, 7) is 5.45. The molecule has 134 valence electrons. The molecule has 0 aliphatic heterocycles. The maximum absolute atomic E-state index is 12.6. The van der Waals surface area contributed by atoms with Gasteiger partial charge in [-0.2, -0.15) is 0 Å². The summed E-state index contributed by atoms with van der Waals surface area (Å²) in [5.41, 5.74) is 6.85. The molecule has 1 amide bonds. The van der Waals surface area contributed by atoms with E-state index in [9.17, 15) is 4.79 Å². The maximum Gasteiger partial charge on any atom is 0.249 e. The standard InChI is InChI=1S/C19H30N2O3/c1-14(2)10-18(11-20)24-13-19(22)21(16-6-7-16)12-15-4-8-17(23-3)9-5-15/h4-5,8-9,14,16,18H,6-7,10-13,20H2,1-3H3. The summed E-state index contributed by atoms with van der Waals surface area (Å²) in [5.74, 6) is 1.38. The molecule has 5 heteroatoms. The number of carbonyl (C=O) groups excluding carboxylic acids is 1. The van der Waals surface area contributed by atoms with Crippen molar-refractivity contribution in [2.75, 3.05) is 20.3 Å². The van der Waals surface area contributed by atoms with Gasteiger partial charge in [0.2, 0.25) is 5.91 Å². The molecule has 1 aromatic rings. The summed E-state index contributed by atoms with van der Waals surface area (Å²) in [5, 5.41) is 0. The van der Waals surface area contributed by atoms with Crippen LogP contribution < -0.4 is 10.5 Å². The van der Waals surface area contributed by atoms with E-state index in [4.69, 9.17) is 15.2 Å². The zero-order valence-corrected chi connectivity index (χ0v) is 15.0. The molecule has 1 unspecified atom stereocenters. The first-order valence-corrected chi connectivity index (χ1v) is 8.77. The van der Waals surface area contributed by atoms with Crippen molar-refractivity contribution >= 4 is 5.91 Å². The van der Waals surface area contributed by atoms with E-state index < -0.39 is 0 Å². The Balaban J connectivity index is 1.90. The van der Waals surface area contributed by atoms with E-state index in [0.29, 0.717) is 25.0 Å². The predicted molar refractivity (Wildman–Crippen MR) is 94.8 cm³/mol. The lowest BCUT2D eigenvalue weighted by Crippen LogP contribution is -2.37. The van der Waals surface area contributed by atoms with E-state index in [-0.39, 0.29) is 18.6 Å². The van der Waals surface area contributed by atoms with Crippen molar-refractivity contribution in [1.82, 2.24) is 4.90 Å². The highest BCUT2D eigenvalue weighted by Crippen LogP contribution is 2.29. The van der Waals surface area contributed by atoms with E-state index in [0.717, 1.165) is 30.6 Å². The van der Waals surface area contributed by atoms with Crippen LogP contribution in [0.4, 0.5) is 0 Å². The van der Waals surface area contributed by atoms with Gasteiger partial charge in [0.25, 0.3) is 0 Å². The van der Waals surface area contributed by atoms with E-state index in [1.165, 1.54) is 0 Å². The van der Waals surface area contributed by atoms with Gasteiger partial charge in [-0.05, 0) is 42.9 Å². The summed E-state index contributed by atoms with van der Waals surface area (Å²) < 4.78 is 10.9. The fraction of sp³-hybridized carbons (Fsp3) is 0.632. The summed E-state index contributed by atoms with van der Waals surface area (Å²) in [7, 11) is 1.65. The van der Waals surface area contributed by atoms with Crippen molar-refractivity contribution in [2.24, 2.45) is 11.7 Å². The Hall–Kier alpha value is -1.59. The number of nitrogens with zero attached hydrogens (tertiary/aromatic N) is 1. The molecule has 0 saturated heterocycles. The first-order chi connectivity index (χ1) is 11.5. The minimum absolute atomic E-state index is 0.0454. The molecule has 0 spiro atoms. The molecule has 0 aromatic heterocycles. The molecule has 2 rings (SSSR count). The summed E-state index contributed by atoms with van der Waals surface area (Å²) in [6, 6.07) is 8.21. The molecule has 1 saturated carbocycles. The highest BCUT2D eigenvalue weighted by molar-refractivity contribution is 5.78. The molecule has 0 bridgehead atoms. The van der Waals surface area contributed by atoms with Gasteiger partial charge in [-0.3, -0.25) is 4.79 Å². The van der Waals surface area contributed by atoms with Crippen LogP contribution in [-0.4, -0.2) is 43.2 Å². The molecule has 0 heterocycles. The second-order valence-electron chi connectivity index (χ2n) is 6.90. The monoisotopic (exact) mass is 334 g/mol. The smallest absolute Gasteiger partial charge is 0.249 e. The van der Waals surface area contributed by atoms with Gasteiger partial charge in [0.05, 0.1) is 13.2 Å². The molecule has 24 heavy (non-hydrogen) atoms. The molecule has 1 fully saturated rings. The van der Waals surface area contributed by atoms with Gasteiger partial charge in [0, 0.05) is 19.1 Å². The number of nitrogens with two attached hydrogens (primary N) is 1. The Morgan fingerprint density at radius 3 is 2.46 bits per heavy atom. The van der Waals surface area contributed by atoms with Crippen molar-refractivity contribution in [3.05, 3.63) is 29.8 Å². The van der Waals surface area contributed by atoms with Crippen LogP contribution in [0.15, 0.2) is 24.3 Å². The minimum Gasteiger partial charge on any atom is -0.497 e. The number of ether oxygens (including phenoxy) is 2. The average Bonchev–Trinajstić information content (AvgIpc) is 3.41. The largest absolute Gasteiger partial charge is 0.497 e. The number of hydrogen-bond donors (Lipinski definition) is 1. The normalized spacial score (nSPS) is 15.4. The fourth-order valence-electron chi connectivity index (χ4n) is 2.76. The zero-order chi connectivity index (χ0) is 17.5. The van der Waals surface area contributed by atoms with Crippen LogP contribution in [0, 0.1) is 5.92 Å². The van der Waals surface area contributed by atoms with Gasteiger partial charge in [-0.25, -0.2) is 0 Å². The van der Waals surface area contributed by atoms with Gasteiger partial charge >= 0.3 is 0 Å². The van der Waals surface area contributed by atoms with Crippen LogP contribution in [0.3, 0.4) is 0 Å². The second kappa shape index (κ2) is 9.04. The molecule has 2 N–H and O–H groups in total. The average molecular weight is 334 g/mol. The van der Waals surface area contributed by atoms with E-state index >= 15 is 0 Å². The van der Waals surface area contributed by atoms with Crippen molar-refractivity contribution in [1.29, 1.82) is 0 Å². The second-order valence-corrected chi connectivity index (χ2v) is 6.90. The van der Waals surface area contributed by atoms with Crippen molar-refractivity contribution < 1.29 is 14.3 Å². The Labute approximate surface area is 145 Å². The van der Waals surface area contributed by atoms with E-state index in [1.807, 2.05) is 29.2 Å². The summed E-state index contributed by atoms with van der Waals surface area (Å²) in [4.78, 5) is 14.5.